The molecule has 2 nitrogen and oxygen atoms in total. The predicted octanol–water partition coefficient (Wildman–Crippen LogP) is 4.75. The third-order valence-electron chi connectivity index (χ3n) is 3.74. The zero-order valence-electron chi connectivity index (χ0n) is 12.3. The number of rotatable bonds is 5. The van der Waals surface area contributed by atoms with Crippen molar-refractivity contribution in [3.63, 3.8) is 0 Å². The fourth-order valence-electron chi connectivity index (χ4n) is 2.82. The maximum absolute atomic E-state index is 7.90. The molecule has 1 aromatic rings. The molecule has 1 aliphatic carbocycles. The second kappa shape index (κ2) is 7.41. The van der Waals surface area contributed by atoms with Crippen LogP contribution in [0.1, 0.15) is 45.1 Å². The molecule has 4 heteroatoms. The molecule has 2 rings (SSSR count). The Bertz CT molecular complexity index is 474. The Kier molecular flexibility index (Phi) is 5.85. The smallest absolute Gasteiger partial charge is 0.125 e. The summed E-state index contributed by atoms with van der Waals surface area (Å²) < 4.78 is 0. The van der Waals surface area contributed by atoms with Crippen molar-refractivity contribution in [2.75, 3.05) is 5.75 Å². The van der Waals surface area contributed by atoms with Crippen LogP contribution < -0.4 is 5.73 Å². The highest BCUT2D eigenvalue weighted by molar-refractivity contribution is 8.00. The molecule has 0 heterocycles. The van der Waals surface area contributed by atoms with Crippen molar-refractivity contribution in [1.82, 2.24) is 0 Å². The minimum absolute atomic E-state index is 0.202. The van der Waals surface area contributed by atoms with Gasteiger partial charge in [-0.05, 0) is 36.6 Å². The number of nitrogens with one attached hydrogen (secondary N) is 1. The monoisotopic (exact) mass is 308 g/mol. The Morgan fingerprint density at radius 3 is 2.75 bits per heavy atom. The maximum Gasteiger partial charge on any atom is 0.125 e. The molecule has 110 valence electrons. The first-order valence-corrected chi connectivity index (χ1v) is 9.25. The van der Waals surface area contributed by atoms with Crippen molar-refractivity contribution in [3.8, 4) is 0 Å². The molecule has 1 fully saturated rings. The van der Waals surface area contributed by atoms with E-state index in [0.29, 0.717) is 5.25 Å². The molecule has 0 saturated heterocycles. The van der Waals surface area contributed by atoms with Crippen LogP contribution >= 0.6 is 23.5 Å². The fourth-order valence-corrected chi connectivity index (χ4v) is 5.29. The fraction of sp³-hybridized carbons (Fsp3) is 0.562. The van der Waals surface area contributed by atoms with Crippen molar-refractivity contribution in [1.29, 1.82) is 5.41 Å². The molecule has 0 bridgehead atoms. The van der Waals surface area contributed by atoms with Gasteiger partial charge in [-0.25, -0.2) is 0 Å². The Labute approximate surface area is 130 Å². The summed E-state index contributed by atoms with van der Waals surface area (Å²) in [6.07, 6.45) is 5.27. The molecular weight excluding hydrogens is 284 g/mol. The molecule has 0 aliphatic heterocycles. The van der Waals surface area contributed by atoms with Gasteiger partial charge in [0.2, 0.25) is 0 Å². The standard InChI is InChI=1S/C16H24N2S2/c1-3-19-13-8-5-9-14(15(13)16(17)18)20-12-7-4-6-11(2)10-12/h5,8-9,11-12H,3-4,6-7,10H2,1-2H3,(H3,17,18). The molecule has 0 radical (unpaired) electrons. The molecule has 0 aromatic heterocycles. The van der Waals surface area contributed by atoms with Crippen LogP contribution in [0.3, 0.4) is 0 Å². The van der Waals surface area contributed by atoms with E-state index in [-0.39, 0.29) is 5.84 Å². The summed E-state index contributed by atoms with van der Waals surface area (Å²) in [7, 11) is 0. The lowest BCUT2D eigenvalue weighted by molar-refractivity contribution is 0.394. The Morgan fingerprint density at radius 2 is 2.10 bits per heavy atom. The normalized spacial score (nSPS) is 22.7. The number of nitrogens with two attached hydrogens (primary N) is 1. The van der Waals surface area contributed by atoms with Gasteiger partial charge in [-0.2, -0.15) is 0 Å². The number of hydrogen-bond acceptors (Lipinski definition) is 3. The highest BCUT2D eigenvalue weighted by Gasteiger charge is 2.22. The van der Waals surface area contributed by atoms with E-state index in [2.05, 4.69) is 32.0 Å². The van der Waals surface area contributed by atoms with E-state index in [0.717, 1.165) is 22.1 Å². The minimum atomic E-state index is 0.202. The first kappa shape index (κ1) is 15.8. The molecule has 2 atom stereocenters. The summed E-state index contributed by atoms with van der Waals surface area (Å²) >= 11 is 3.70. The number of thioether (sulfide) groups is 2. The third-order valence-corrected chi connectivity index (χ3v) is 6.03. The summed E-state index contributed by atoms with van der Waals surface area (Å²) in [5, 5.41) is 8.58. The van der Waals surface area contributed by atoms with Gasteiger partial charge >= 0.3 is 0 Å². The third kappa shape index (κ3) is 3.95. The van der Waals surface area contributed by atoms with Crippen LogP contribution in [0, 0.1) is 11.3 Å². The SMILES string of the molecule is CCSc1cccc(SC2CCCC(C)C2)c1C(=N)N. The Morgan fingerprint density at radius 1 is 1.35 bits per heavy atom. The van der Waals surface area contributed by atoms with E-state index in [1.54, 1.807) is 11.8 Å². The van der Waals surface area contributed by atoms with E-state index >= 15 is 0 Å². The lowest BCUT2D eigenvalue weighted by Gasteiger charge is -2.27. The van der Waals surface area contributed by atoms with E-state index in [4.69, 9.17) is 11.1 Å². The second-order valence-corrected chi connectivity index (χ2v) is 8.14. The number of amidine groups is 1. The predicted molar refractivity (Wildman–Crippen MR) is 91.1 cm³/mol. The van der Waals surface area contributed by atoms with Crippen molar-refractivity contribution >= 4 is 29.4 Å². The van der Waals surface area contributed by atoms with E-state index < -0.39 is 0 Å². The Hall–Kier alpha value is -0.610. The average Bonchev–Trinajstić information content (AvgIpc) is 2.39. The highest BCUT2D eigenvalue weighted by Crippen LogP contribution is 2.39. The van der Waals surface area contributed by atoms with Crippen molar-refractivity contribution < 1.29 is 0 Å². The summed E-state index contributed by atoms with van der Waals surface area (Å²) in [4.78, 5) is 2.34. The zero-order chi connectivity index (χ0) is 14.5. The zero-order valence-corrected chi connectivity index (χ0v) is 13.9. The van der Waals surface area contributed by atoms with Crippen LogP contribution in [-0.4, -0.2) is 16.8 Å². The van der Waals surface area contributed by atoms with Crippen LogP contribution in [0.25, 0.3) is 0 Å². The lowest BCUT2D eigenvalue weighted by Crippen LogP contribution is -2.17. The van der Waals surface area contributed by atoms with Crippen molar-refractivity contribution in [3.05, 3.63) is 23.8 Å². The molecule has 1 aromatic carbocycles. The minimum Gasteiger partial charge on any atom is -0.384 e. The highest BCUT2D eigenvalue weighted by atomic mass is 32.2. The largest absolute Gasteiger partial charge is 0.384 e. The topological polar surface area (TPSA) is 49.9 Å². The quantitative estimate of drug-likeness (QED) is 0.469. The van der Waals surface area contributed by atoms with Crippen LogP contribution in [0.2, 0.25) is 0 Å². The maximum atomic E-state index is 7.90. The molecule has 1 saturated carbocycles. The molecule has 2 unspecified atom stereocenters. The summed E-state index contributed by atoms with van der Waals surface area (Å²) in [5.74, 6) is 2.04. The van der Waals surface area contributed by atoms with E-state index in [9.17, 15) is 0 Å². The van der Waals surface area contributed by atoms with Crippen LogP contribution in [0.4, 0.5) is 0 Å². The van der Waals surface area contributed by atoms with Gasteiger partial charge in [0.1, 0.15) is 5.84 Å². The molecule has 3 N–H and O–H groups in total. The summed E-state index contributed by atoms with van der Waals surface area (Å²) in [6, 6.07) is 6.30. The van der Waals surface area contributed by atoms with Gasteiger partial charge in [-0.15, -0.1) is 23.5 Å². The van der Waals surface area contributed by atoms with E-state index in [1.165, 1.54) is 30.6 Å². The lowest BCUT2D eigenvalue weighted by atomic mass is 9.91. The van der Waals surface area contributed by atoms with Gasteiger partial charge in [0.15, 0.2) is 0 Å². The van der Waals surface area contributed by atoms with Gasteiger partial charge in [-0.3, -0.25) is 5.41 Å². The molecule has 1 aliphatic rings. The van der Waals surface area contributed by atoms with Gasteiger partial charge in [0.05, 0.1) is 0 Å². The van der Waals surface area contributed by atoms with Gasteiger partial charge in [-0.1, -0.05) is 32.8 Å². The van der Waals surface area contributed by atoms with E-state index in [1.807, 2.05) is 11.8 Å². The number of benzene rings is 1. The summed E-state index contributed by atoms with van der Waals surface area (Å²) in [5.41, 5.74) is 6.78. The van der Waals surface area contributed by atoms with Gasteiger partial charge in [0.25, 0.3) is 0 Å². The molecule has 0 spiro atoms. The first-order valence-electron chi connectivity index (χ1n) is 7.38. The van der Waals surface area contributed by atoms with Gasteiger partial charge in [0, 0.05) is 20.6 Å². The van der Waals surface area contributed by atoms with Crippen molar-refractivity contribution in [2.45, 2.75) is 54.6 Å². The average molecular weight is 309 g/mol. The van der Waals surface area contributed by atoms with Crippen LogP contribution in [0.15, 0.2) is 28.0 Å². The summed E-state index contributed by atoms with van der Waals surface area (Å²) in [6.45, 7) is 4.49. The van der Waals surface area contributed by atoms with Gasteiger partial charge < -0.3 is 5.73 Å². The number of hydrogen-bond donors (Lipinski definition) is 2. The van der Waals surface area contributed by atoms with Crippen LogP contribution in [0.5, 0.6) is 0 Å². The molecule has 20 heavy (non-hydrogen) atoms. The Balaban J connectivity index is 2.21. The molecular formula is C16H24N2S2. The van der Waals surface area contributed by atoms with Crippen LogP contribution in [-0.2, 0) is 0 Å². The number of nitrogen functional groups attached to an aromatic ring is 1. The first-order chi connectivity index (χ1) is 9.61. The second-order valence-electron chi connectivity index (χ2n) is 5.49. The molecule has 0 amide bonds. The van der Waals surface area contributed by atoms with Crippen molar-refractivity contribution in [2.24, 2.45) is 11.7 Å².